The van der Waals surface area contributed by atoms with Crippen LogP contribution in [-0.2, 0) is 75.3 Å². The van der Waals surface area contributed by atoms with Gasteiger partial charge in [-0.2, -0.15) is 8.42 Å². The van der Waals surface area contributed by atoms with Gasteiger partial charge in [-0.25, -0.2) is 8.78 Å². The van der Waals surface area contributed by atoms with Crippen LogP contribution in [-0.4, -0.2) is 135 Å². The molecule has 0 bridgehead atoms. The summed E-state index contributed by atoms with van der Waals surface area (Å²) in [6.45, 7) is 8.60. The number of carbonyl (C=O) groups is 4. The number of carbonyl (C=O) groups excluding carboxylic acids is 4. The average Bonchev–Trinajstić information content (AvgIpc) is 1.63. The van der Waals surface area contributed by atoms with Crippen LogP contribution >= 0.6 is 0 Å². The number of amides is 4. The molecule has 0 atom stereocenters. The molecule has 0 unspecified atom stereocenters. The van der Waals surface area contributed by atoms with E-state index in [0.717, 1.165) is 141 Å². The molecule has 16 rings (SSSR count). The fraction of sp³-hybridized carbons (Fsp3) is 0.234. The van der Waals surface area contributed by atoms with E-state index in [0.29, 0.717) is 98.1 Å². The molecule has 0 fully saturated rings. The van der Waals surface area contributed by atoms with Gasteiger partial charge in [0, 0.05) is 18.1 Å². The van der Waals surface area contributed by atoms with Crippen molar-refractivity contribution in [1.29, 1.82) is 0 Å². The third-order valence-corrected chi connectivity index (χ3v) is 24.9. The van der Waals surface area contributed by atoms with Gasteiger partial charge in [-0.1, -0.05) is 30.3 Å². The number of methoxy groups -OCH3 is 10. The van der Waals surface area contributed by atoms with Gasteiger partial charge in [0.05, 0.1) is 184 Å². The first kappa shape index (κ1) is 103. The van der Waals surface area contributed by atoms with E-state index in [1.807, 2.05) is 155 Å². The van der Waals surface area contributed by atoms with E-state index in [-0.39, 0.29) is 105 Å². The van der Waals surface area contributed by atoms with Crippen LogP contribution in [0.15, 0.2) is 232 Å². The second-order valence-electron chi connectivity index (χ2n) is 33.1. The molecule has 738 valence electrons. The highest BCUT2D eigenvalue weighted by Crippen LogP contribution is 2.51. The van der Waals surface area contributed by atoms with Crippen LogP contribution in [0.1, 0.15) is 160 Å². The van der Waals surface area contributed by atoms with E-state index >= 15 is 0 Å². The number of rotatable bonds is 35. The van der Waals surface area contributed by atoms with Crippen molar-refractivity contribution >= 4 is 103 Å². The number of fused-ring (bicyclic) bond motifs is 4. The van der Waals surface area contributed by atoms with Crippen LogP contribution in [0, 0.1) is 11.6 Å². The fourth-order valence-corrected chi connectivity index (χ4v) is 17.7. The largest absolute Gasteiger partial charge is 0.497 e. The molecule has 28 nitrogen and oxygen atoms in total. The SMILES string of the molecule is COc1cc(C=C2C(C)=C(CC(=O)NCc3ccco3)c3cc(F)ccc32)cc(OC)c1CO.COc1cc(C=C2C(C)=C(CC(=O)NCc3ccco3)c3cc(F)ccc32)cc(OC)c1OS(C)(=O)=O.COc1ccc2c(c1)C(CC(=O)NCc1ccc[nH]1)=C(C)/C2=C/c1cc(OC)c(CO)c(OC)c1.COc1ccc2c(c1)C(CC(=O)NCc1ccccn1)=C(C)/C2=C/c1cc(OC)c(CO)c(OC)c1. The highest BCUT2D eigenvalue weighted by atomic mass is 32.2. The van der Waals surface area contributed by atoms with Crippen molar-refractivity contribution in [3.05, 3.63) is 341 Å². The van der Waals surface area contributed by atoms with Crippen LogP contribution in [0.2, 0.25) is 0 Å². The normalized spacial score (nSPS) is 13.8. The van der Waals surface area contributed by atoms with Crippen LogP contribution in [0.3, 0.4) is 0 Å². The Balaban J connectivity index is 0.000000159. The third kappa shape index (κ3) is 24.6. The van der Waals surface area contributed by atoms with Gasteiger partial charge in [0.15, 0.2) is 11.5 Å². The molecule has 12 aromatic rings. The predicted molar refractivity (Wildman–Crippen MR) is 540 cm³/mol. The average molecular weight is 1950 g/mol. The van der Waals surface area contributed by atoms with Crippen LogP contribution in [0.4, 0.5) is 8.78 Å². The molecule has 31 heteroatoms. The molecule has 8 N–H and O–H groups in total. The molecule has 8 aromatic carbocycles. The summed E-state index contributed by atoms with van der Waals surface area (Å²) in [7, 11) is 11.5. The number of allylic oxidation sites excluding steroid dienone is 8. The number of nitrogens with zero attached hydrogens (tertiary/aromatic N) is 1. The summed E-state index contributed by atoms with van der Waals surface area (Å²) >= 11 is 0. The Hall–Kier alpha value is -16.0. The lowest BCUT2D eigenvalue weighted by molar-refractivity contribution is -0.121. The highest BCUT2D eigenvalue weighted by molar-refractivity contribution is 7.86. The number of aromatic nitrogens is 2. The van der Waals surface area contributed by atoms with Crippen molar-refractivity contribution in [2.45, 2.75) is 99.4 Å². The van der Waals surface area contributed by atoms with Gasteiger partial charge in [0.25, 0.3) is 0 Å². The molecule has 4 amide bonds. The van der Waals surface area contributed by atoms with Crippen LogP contribution < -0.4 is 72.8 Å². The standard InChI is InChI=1S/C29H30N2O5.C28H30N2O5.C27H26FNO7S.C27H26FNO5/c1-18-23(11-19-12-27(35-3)26(17-32)28(13-19)36-4)22-9-8-21(34-2)14-25(22)24(18)15-29(33)31-16-20-7-5-6-10-30-20;1-17-22(10-18-11-26(34-3)25(16-31)27(12-18)35-4)21-8-7-20(33-2)13-24(21)23(17)14-28(32)30-15-19-6-5-9-29-19;1-16-21(10-17-11-24(33-2)27(25(12-17)34-3)36-37(4,31)32)20-8-7-18(28)13-23(20)22(16)14-26(30)29-15-19-6-5-9-35-19;1-16-21(9-17-10-25(32-2)24(15-30)26(11-17)33-3)20-7-6-18(28)12-23(20)22(16)13-27(31)29-14-19-5-4-8-34-19/h5-14,32H,15-17H2,1-4H3,(H,31,33);5-13,29,31H,14-16H2,1-4H3,(H,30,32);5-13H,14-15H2,1-4H3,(H,29,30);4-12,30H,13-15H2,1-3H3,(H,29,31)/b23-11-;22-10-;;. The van der Waals surface area contributed by atoms with Crippen molar-refractivity contribution in [3.8, 4) is 63.2 Å². The van der Waals surface area contributed by atoms with Gasteiger partial charge >= 0.3 is 10.1 Å². The van der Waals surface area contributed by atoms with E-state index in [4.69, 9.17) is 60.4 Å². The second kappa shape index (κ2) is 47.6. The number of H-pyrrole nitrogens is 1. The second-order valence-corrected chi connectivity index (χ2v) is 34.6. The number of hydrogen-bond donors (Lipinski definition) is 8. The summed E-state index contributed by atoms with van der Waals surface area (Å²) in [6.07, 6.45) is 16.1. The van der Waals surface area contributed by atoms with E-state index < -0.39 is 15.9 Å². The number of aliphatic hydroxyl groups excluding tert-OH is 3. The lowest BCUT2D eigenvalue weighted by atomic mass is 9.99. The van der Waals surface area contributed by atoms with Crippen molar-refractivity contribution in [1.82, 2.24) is 31.2 Å². The molecule has 0 saturated carbocycles. The zero-order valence-corrected chi connectivity index (χ0v) is 82.2. The summed E-state index contributed by atoms with van der Waals surface area (Å²) in [4.78, 5) is 58.5. The predicted octanol–water partition coefficient (Wildman–Crippen LogP) is 19.0. The number of pyridine rings is 1. The number of benzene rings is 8. The fourth-order valence-electron chi connectivity index (χ4n) is 17.3. The number of furan rings is 2. The summed E-state index contributed by atoms with van der Waals surface area (Å²) in [5.74, 6) is 4.89. The Bertz CT molecular complexity index is 6970. The summed E-state index contributed by atoms with van der Waals surface area (Å²) < 4.78 is 122. The number of halogens is 2. The summed E-state index contributed by atoms with van der Waals surface area (Å²) in [5.41, 5.74) is 24.4. The van der Waals surface area contributed by atoms with Gasteiger partial charge in [-0.15, -0.1) is 0 Å². The molecule has 0 saturated heterocycles. The summed E-state index contributed by atoms with van der Waals surface area (Å²) in [5, 5.41) is 40.8. The lowest BCUT2D eigenvalue weighted by Crippen LogP contribution is -2.23. The maximum Gasteiger partial charge on any atom is 0.306 e. The Morgan fingerprint density at radius 3 is 0.986 bits per heavy atom. The molecule has 4 heterocycles. The maximum atomic E-state index is 14.2. The highest BCUT2D eigenvalue weighted by Gasteiger charge is 2.33. The van der Waals surface area contributed by atoms with E-state index in [2.05, 4.69) is 37.3 Å². The first-order chi connectivity index (χ1) is 68.5. The Labute approximate surface area is 822 Å². The molecule has 4 aromatic heterocycles. The van der Waals surface area contributed by atoms with Crippen LogP contribution in [0.25, 0.3) is 68.9 Å². The Morgan fingerprint density at radius 1 is 0.373 bits per heavy atom. The summed E-state index contributed by atoms with van der Waals surface area (Å²) in [6, 6.07) is 51.7. The first-order valence-electron chi connectivity index (χ1n) is 45.0. The molecule has 4 aliphatic rings. The van der Waals surface area contributed by atoms with Gasteiger partial charge < -0.3 is 102 Å². The van der Waals surface area contributed by atoms with Crippen molar-refractivity contribution in [3.63, 3.8) is 0 Å². The number of nitrogens with one attached hydrogen (secondary N) is 5. The minimum Gasteiger partial charge on any atom is -0.497 e. The van der Waals surface area contributed by atoms with Gasteiger partial charge in [-0.05, 0) is 331 Å². The third-order valence-electron chi connectivity index (χ3n) is 24.4. The molecule has 0 radical (unpaired) electrons. The zero-order chi connectivity index (χ0) is 102. The van der Waals surface area contributed by atoms with Crippen LogP contribution in [0.5, 0.6) is 63.2 Å². The molecule has 142 heavy (non-hydrogen) atoms. The Kier molecular flexibility index (Phi) is 34.7. The number of ether oxygens (including phenoxy) is 10. The minimum absolute atomic E-state index is 0.0497. The Morgan fingerprint density at radius 2 is 0.697 bits per heavy atom. The number of hydrogen-bond acceptors (Lipinski definition) is 23. The van der Waals surface area contributed by atoms with Gasteiger partial charge in [0.1, 0.15) is 69.2 Å². The minimum atomic E-state index is -3.83. The quantitative estimate of drug-likeness (QED) is 0.0171. The van der Waals surface area contributed by atoms with E-state index in [9.17, 15) is 51.7 Å². The van der Waals surface area contributed by atoms with Crippen molar-refractivity contribution < 1.29 is 112 Å². The van der Waals surface area contributed by atoms with Crippen molar-refractivity contribution in [2.24, 2.45) is 0 Å². The van der Waals surface area contributed by atoms with Gasteiger partial charge in [0.2, 0.25) is 29.4 Å². The van der Waals surface area contributed by atoms with E-state index in [1.165, 1.54) is 59.0 Å². The monoisotopic (exact) mass is 1950 g/mol. The topological polar surface area (TPSA) is 368 Å². The smallest absolute Gasteiger partial charge is 0.306 e. The molecular formula is C111H112F2N6O22S. The zero-order valence-electron chi connectivity index (χ0n) is 81.3. The molecule has 0 aliphatic heterocycles. The first-order valence-corrected chi connectivity index (χ1v) is 46.8. The maximum absolute atomic E-state index is 14.2. The lowest BCUT2D eigenvalue weighted by Gasteiger charge is -2.14. The molecular weight excluding hydrogens is 1840 g/mol. The number of aliphatic hydroxyl groups is 3. The molecule has 0 spiro atoms. The van der Waals surface area contributed by atoms with Crippen molar-refractivity contribution in [2.75, 3.05) is 77.4 Å². The molecule has 4 aliphatic carbocycles. The van der Waals surface area contributed by atoms with E-state index in [1.54, 1.807) is 104 Å². The van der Waals surface area contributed by atoms with Gasteiger partial charge in [-0.3, -0.25) is 24.2 Å². The number of aromatic amines is 1.